The number of anilines is 1. The predicted octanol–water partition coefficient (Wildman–Crippen LogP) is 1.88. The molecule has 0 spiro atoms. The Hall–Kier alpha value is -2.30. The minimum atomic E-state index is -0.0544. The molecule has 3 rings (SSSR count). The number of hydrogen-bond donors (Lipinski definition) is 3. The average molecular weight is 255 g/mol. The first-order chi connectivity index (χ1) is 9.06. The second-order valence-corrected chi connectivity index (χ2v) is 5.03. The largest absolute Gasteiger partial charge is 0.369 e. The van der Waals surface area contributed by atoms with Crippen molar-refractivity contribution < 1.29 is 0 Å². The highest BCUT2D eigenvalue weighted by Gasteiger charge is 2.24. The Labute approximate surface area is 111 Å². The Balaban J connectivity index is 2.20. The smallest absolute Gasteiger partial charge is 0.215 e. The van der Waals surface area contributed by atoms with E-state index in [-0.39, 0.29) is 5.96 Å². The maximum absolute atomic E-state index is 7.60. The third-order valence-electron chi connectivity index (χ3n) is 3.37. The van der Waals surface area contributed by atoms with Crippen molar-refractivity contribution in [1.29, 1.82) is 5.41 Å². The highest BCUT2D eigenvalue weighted by molar-refractivity contribution is 5.84. The van der Waals surface area contributed by atoms with Crippen LogP contribution >= 0.6 is 0 Å². The van der Waals surface area contributed by atoms with Gasteiger partial charge in [-0.1, -0.05) is 17.2 Å². The molecule has 1 aromatic carbocycles. The summed E-state index contributed by atoms with van der Waals surface area (Å²) in [4.78, 5) is 0. The summed E-state index contributed by atoms with van der Waals surface area (Å²) in [5.41, 5.74) is 11.2. The second kappa shape index (κ2) is 4.12. The number of fused-ring (bicyclic) bond motifs is 1. The van der Waals surface area contributed by atoms with E-state index in [2.05, 4.69) is 42.5 Å². The van der Waals surface area contributed by atoms with Crippen molar-refractivity contribution in [2.24, 2.45) is 5.73 Å². The van der Waals surface area contributed by atoms with Crippen LogP contribution in [0.1, 0.15) is 16.7 Å². The molecule has 98 valence electrons. The van der Waals surface area contributed by atoms with Gasteiger partial charge >= 0.3 is 0 Å². The molecule has 19 heavy (non-hydrogen) atoms. The number of nitrogens with two attached hydrogens (primary N) is 1. The van der Waals surface area contributed by atoms with Crippen LogP contribution in [-0.2, 0) is 6.42 Å². The molecule has 1 aliphatic rings. The van der Waals surface area contributed by atoms with Gasteiger partial charge in [0, 0.05) is 17.7 Å². The number of aromatic nitrogens is 2. The van der Waals surface area contributed by atoms with E-state index >= 15 is 0 Å². The van der Waals surface area contributed by atoms with Crippen molar-refractivity contribution in [3.8, 4) is 11.3 Å². The van der Waals surface area contributed by atoms with E-state index in [0.29, 0.717) is 0 Å². The van der Waals surface area contributed by atoms with Crippen molar-refractivity contribution >= 4 is 11.8 Å². The van der Waals surface area contributed by atoms with Crippen LogP contribution in [0.2, 0.25) is 0 Å². The number of benzene rings is 1. The summed E-state index contributed by atoms with van der Waals surface area (Å²) in [5.74, 6) is 0.808. The van der Waals surface area contributed by atoms with E-state index in [1.165, 1.54) is 15.8 Å². The zero-order valence-electron chi connectivity index (χ0n) is 11.1. The molecule has 1 aromatic heterocycles. The monoisotopic (exact) mass is 255 g/mol. The summed E-state index contributed by atoms with van der Waals surface area (Å²) in [7, 11) is 0. The number of nitrogens with zero attached hydrogens (tertiary/aromatic N) is 2. The lowest BCUT2D eigenvalue weighted by molar-refractivity contribution is 0.910. The zero-order chi connectivity index (χ0) is 13.6. The van der Waals surface area contributed by atoms with Crippen LogP contribution in [0.3, 0.4) is 0 Å². The third-order valence-corrected chi connectivity index (χ3v) is 3.37. The molecular formula is C14H17N5. The Morgan fingerprint density at radius 3 is 2.63 bits per heavy atom. The van der Waals surface area contributed by atoms with E-state index in [1.54, 1.807) is 0 Å². The molecule has 2 heterocycles. The van der Waals surface area contributed by atoms with E-state index in [0.717, 1.165) is 35.6 Å². The lowest BCUT2D eigenvalue weighted by Crippen LogP contribution is -2.23. The molecular weight excluding hydrogens is 238 g/mol. The van der Waals surface area contributed by atoms with Crippen LogP contribution in [0.15, 0.2) is 18.2 Å². The summed E-state index contributed by atoms with van der Waals surface area (Å²) < 4.78 is 1.48. The SMILES string of the molecule is Cc1cc(C)cc(-c2nn(C(=N)N)c3c2CCN3)c1. The Morgan fingerprint density at radius 2 is 2.00 bits per heavy atom. The second-order valence-electron chi connectivity index (χ2n) is 5.03. The van der Waals surface area contributed by atoms with E-state index in [1.807, 2.05) is 0 Å². The zero-order valence-corrected chi connectivity index (χ0v) is 11.1. The molecule has 0 saturated heterocycles. The first kappa shape index (κ1) is 11.8. The minimum absolute atomic E-state index is 0.0544. The maximum Gasteiger partial charge on any atom is 0.215 e. The summed E-state index contributed by atoms with van der Waals surface area (Å²) in [6.45, 7) is 5.03. The van der Waals surface area contributed by atoms with E-state index < -0.39 is 0 Å². The third kappa shape index (κ3) is 1.87. The van der Waals surface area contributed by atoms with Crippen LogP contribution in [0.4, 0.5) is 5.82 Å². The number of aryl methyl sites for hydroxylation is 2. The molecule has 0 aliphatic carbocycles. The fraction of sp³-hybridized carbons (Fsp3) is 0.286. The summed E-state index contributed by atoms with van der Waals surface area (Å²) >= 11 is 0. The van der Waals surface area contributed by atoms with Crippen molar-refractivity contribution in [3.63, 3.8) is 0 Å². The molecule has 0 saturated carbocycles. The predicted molar refractivity (Wildman–Crippen MR) is 76.6 cm³/mol. The van der Waals surface area contributed by atoms with Crippen molar-refractivity contribution in [1.82, 2.24) is 9.78 Å². The lowest BCUT2D eigenvalue weighted by atomic mass is 10.0. The highest BCUT2D eigenvalue weighted by Crippen LogP contribution is 2.33. The lowest BCUT2D eigenvalue weighted by Gasteiger charge is -2.04. The van der Waals surface area contributed by atoms with Crippen LogP contribution in [0, 0.1) is 19.3 Å². The Bertz CT molecular complexity index is 648. The minimum Gasteiger partial charge on any atom is -0.369 e. The molecule has 0 unspecified atom stereocenters. The molecule has 1 aliphatic heterocycles. The summed E-state index contributed by atoms with van der Waals surface area (Å²) in [5, 5.41) is 15.3. The normalized spacial score (nSPS) is 13.2. The van der Waals surface area contributed by atoms with Crippen molar-refractivity contribution in [2.45, 2.75) is 20.3 Å². The van der Waals surface area contributed by atoms with Gasteiger partial charge < -0.3 is 11.1 Å². The first-order valence-electron chi connectivity index (χ1n) is 6.35. The Morgan fingerprint density at radius 1 is 1.32 bits per heavy atom. The molecule has 0 radical (unpaired) electrons. The number of nitrogen functional groups attached to an aromatic ring is 1. The van der Waals surface area contributed by atoms with Crippen LogP contribution in [0.25, 0.3) is 11.3 Å². The standard InChI is InChI=1S/C14H17N5/c1-8-5-9(2)7-10(6-8)12-11-3-4-17-13(11)19(18-12)14(15)16/h5-7,17H,3-4H2,1-2H3,(H3,15,16). The quantitative estimate of drug-likeness (QED) is 0.537. The van der Waals surface area contributed by atoms with Crippen LogP contribution < -0.4 is 11.1 Å². The number of rotatable bonds is 1. The van der Waals surface area contributed by atoms with Crippen molar-refractivity contribution in [3.05, 3.63) is 34.9 Å². The van der Waals surface area contributed by atoms with Gasteiger partial charge in [-0.3, -0.25) is 5.41 Å². The molecule has 0 fully saturated rings. The van der Waals surface area contributed by atoms with Gasteiger partial charge in [-0.15, -0.1) is 0 Å². The molecule has 0 atom stereocenters. The average Bonchev–Trinajstić information content (AvgIpc) is 2.86. The fourth-order valence-corrected chi connectivity index (χ4v) is 2.69. The van der Waals surface area contributed by atoms with Gasteiger partial charge in [0.1, 0.15) is 5.82 Å². The molecule has 2 aromatic rings. The van der Waals surface area contributed by atoms with E-state index in [4.69, 9.17) is 11.1 Å². The van der Waals surface area contributed by atoms with Gasteiger partial charge in [0.25, 0.3) is 0 Å². The number of hydrogen-bond acceptors (Lipinski definition) is 3. The fourth-order valence-electron chi connectivity index (χ4n) is 2.69. The van der Waals surface area contributed by atoms with Crippen LogP contribution in [-0.4, -0.2) is 22.3 Å². The number of nitrogens with one attached hydrogen (secondary N) is 2. The molecule has 4 N–H and O–H groups in total. The van der Waals surface area contributed by atoms with Gasteiger partial charge in [0.2, 0.25) is 5.96 Å². The molecule has 0 amide bonds. The van der Waals surface area contributed by atoms with Gasteiger partial charge in [-0.25, -0.2) is 0 Å². The Kier molecular flexibility index (Phi) is 2.55. The molecule has 5 nitrogen and oxygen atoms in total. The topological polar surface area (TPSA) is 79.7 Å². The highest BCUT2D eigenvalue weighted by atomic mass is 15.4. The molecule has 0 bridgehead atoms. The van der Waals surface area contributed by atoms with Gasteiger partial charge in [0.15, 0.2) is 0 Å². The van der Waals surface area contributed by atoms with Gasteiger partial charge in [-0.2, -0.15) is 9.78 Å². The van der Waals surface area contributed by atoms with Gasteiger partial charge in [-0.05, 0) is 32.4 Å². The first-order valence-corrected chi connectivity index (χ1v) is 6.35. The summed E-state index contributed by atoms with van der Waals surface area (Å²) in [6.07, 6.45) is 0.922. The molecule has 5 heteroatoms. The van der Waals surface area contributed by atoms with E-state index in [9.17, 15) is 0 Å². The maximum atomic E-state index is 7.60. The van der Waals surface area contributed by atoms with Crippen molar-refractivity contribution in [2.75, 3.05) is 11.9 Å². The van der Waals surface area contributed by atoms with Crippen LogP contribution in [0.5, 0.6) is 0 Å². The van der Waals surface area contributed by atoms with Gasteiger partial charge in [0.05, 0.1) is 5.69 Å². The summed E-state index contributed by atoms with van der Waals surface area (Å²) in [6, 6.07) is 6.39.